The number of ether oxygens (including phenoxy) is 4. The summed E-state index contributed by atoms with van der Waals surface area (Å²) in [7, 11) is 0. The highest BCUT2D eigenvalue weighted by molar-refractivity contribution is 5.80. The summed E-state index contributed by atoms with van der Waals surface area (Å²) in [6.45, 7) is 12.5. The lowest BCUT2D eigenvalue weighted by Crippen LogP contribution is -2.73. The molecule has 16 nitrogen and oxygen atoms in total. The van der Waals surface area contributed by atoms with E-state index >= 15 is 0 Å². The van der Waals surface area contributed by atoms with E-state index in [-0.39, 0.29) is 30.6 Å². The number of carbonyl (C=O) groups excluding carboxylic acids is 1. The molecule has 4 saturated carbocycles. The van der Waals surface area contributed by atoms with E-state index < -0.39 is 144 Å². The van der Waals surface area contributed by atoms with E-state index in [0.29, 0.717) is 25.7 Å². The summed E-state index contributed by atoms with van der Waals surface area (Å²) >= 11 is 0. The van der Waals surface area contributed by atoms with Gasteiger partial charge in [0.2, 0.25) is 6.29 Å². The minimum absolute atomic E-state index is 0.115. The predicted octanol–water partition coefficient (Wildman–Crippen LogP) is -0.771. The second-order valence-electron chi connectivity index (χ2n) is 20.9. The summed E-state index contributed by atoms with van der Waals surface area (Å²) in [6, 6.07) is 0. The molecule has 58 heavy (non-hydrogen) atoms. The van der Waals surface area contributed by atoms with Gasteiger partial charge in [0.25, 0.3) is 0 Å². The molecule has 332 valence electrons. The highest BCUT2D eigenvalue weighted by Gasteiger charge is 2.74. The molecule has 7 rings (SSSR count). The quantitative estimate of drug-likeness (QED) is 0.0891. The Balaban J connectivity index is 1.23. The summed E-state index contributed by atoms with van der Waals surface area (Å²) in [6.07, 6.45) is -15.2. The van der Waals surface area contributed by atoms with Crippen LogP contribution in [0, 0.1) is 50.2 Å². The van der Waals surface area contributed by atoms with Crippen LogP contribution in [0.25, 0.3) is 0 Å². The Morgan fingerprint density at radius 2 is 1.40 bits per heavy atom. The maximum atomic E-state index is 14.6. The van der Waals surface area contributed by atoms with Gasteiger partial charge in [-0.05, 0) is 85.4 Å². The van der Waals surface area contributed by atoms with Crippen molar-refractivity contribution in [1.29, 1.82) is 0 Å². The lowest BCUT2D eigenvalue weighted by Gasteiger charge is -2.73. The van der Waals surface area contributed by atoms with E-state index in [1.54, 1.807) is 6.92 Å². The van der Waals surface area contributed by atoms with Crippen molar-refractivity contribution in [3.8, 4) is 0 Å². The van der Waals surface area contributed by atoms with Gasteiger partial charge in [0.05, 0.1) is 43.7 Å². The molecule has 0 aromatic heterocycles. The number of allylic oxidation sites excluding steroid dienone is 2. The third kappa shape index (κ3) is 6.25. The Kier molecular flexibility index (Phi) is 11.5. The van der Waals surface area contributed by atoms with E-state index in [4.69, 9.17) is 18.9 Å². The van der Waals surface area contributed by atoms with Crippen molar-refractivity contribution < 1.29 is 79.9 Å². The predicted molar refractivity (Wildman–Crippen MR) is 202 cm³/mol. The number of esters is 1. The fraction of sp³-hybridized carbons (Fsp3) is 0.929. The first-order valence-electron chi connectivity index (χ1n) is 21.1. The highest BCUT2D eigenvalue weighted by atomic mass is 16.7. The molecule has 0 bridgehead atoms. The van der Waals surface area contributed by atoms with Gasteiger partial charge in [-0.15, -0.1) is 0 Å². The zero-order valence-corrected chi connectivity index (χ0v) is 34.7. The van der Waals surface area contributed by atoms with Crippen molar-refractivity contribution in [2.75, 3.05) is 13.2 Å². The Labute approximate surface area is 339 Å². The molecule has 11 N–H and O–H groups in total. The van der Waals surface area contributed by atoms with Gasteiger partial charge in [-0.1, -0.05) is 53.2 Å². The molecule has 6 fully saturated rings. The number of aliphatic hydroxyl groups is 11. The van der Waals surface area contributed by atoms with Gasteiger partial charge >= 0.3 is 5.97 Å². The average Bonchev–Trinajstić information content (AvgIpc) is 3.14. The lowest BCUT2D eigenvalue weighted by atomic mass is 9.32. The van der Waals surface area contributed by atoms with Gasteiger partial charge in [-0.2, -0.15) is 0 Å². The molecule has 22 atom stereocenters. The second kappa shape index (κ2) is 14.9. The molecule has 0 radical (unpaired) electrons. The molecule has 0 aromatic carbocycles. The molecule has 0 spiro atoms. The number of rotatable bonds is 6. The maximum Gasteiger partial charge on any atom is 0.317 e. The van der Waals surface area contributed by atoms with Crippen molar-refractivity contribution in [3.05, 3.63) is 11.6 Å². The molecule has 0 aromatic rings. The molecule has 22 unspecified atom stereocenters. The summed E-state index contributed by atoms with van der Waals surface area (Å²) in [5.74, 6) is -2.11. The number of hydrogen-bond donors (Lipinski definition) is 11. The van der Waals surface area contributed by atoms with Gasteiger partial charge in [-0.3, -0.25) is 4.79 Å². The summed E-state index contributed by atoms with van der Waals surface area (Å²) in [5.41, 5.74) is -4.29. The smallest absolute Gasteiger partial charge is 0.317 e. The molecular formula is C42H68O16. The zero-order valence-electron chi connectivity index (χ0n) is 34.7. The Morgan fingerprint density at radius 1 is 0.759 bits per heavy atom. The average molecular weight is 829 g/mol. The van der Waals surface area contributed by atoms with E-state index in [1.165, 1.54) is 6.92 Å². The van der Waals surface area contributed by atoms with E-state index in [2.05, 4.69) is 33.8 Å². The molecule has 16 heteroatoms. The van der Waals surface area contributed by atoms with E-state index in [0.717, 1.165) is 5.57 Å². The van der Waals surface area contributed by atoms with Gasteiger partial charge in [-0.25, -0.2) is 0 Å². The topological polar surface area (TPSA) is 277 Å². The number of hydrogen-bond acceptors (Lipinski definition) is 16. The summed E-state index contributed by atoms with van der Waals surface area (Å²) < 4.78 is 23.4. The first kappa shape index (κ1) is 44.7. The van der Waals surface area contributed by atoms with Crippen molar-refractivity contribution >= 4 is 5.97 Å². The summed E-state index contributed by atoms with van der Waals surface area (Å²) in [5, 5.41) is 121. The van der Waals surface area contributed by atoms with Crippen molar-refractivity contribution in [1.82, 2.24) is 0 Å². The molecule has 2 aliphatic heterocycles. The molecule has 7 aliphatic rings. The zero-order chi connectivity index (χ0) is 42.9. The molecule has 0 amide bonds. The Morgan fingerprint density at radius 3 is 2.03 bits per heavy atom. The van der Waals surface area contributed by atoms with Gasteiger partial charge in [0, 0.05) is 11.3 Å². The fourth-order valence-corrected chi connectivity index (χ4v) is 13.9. The third-order valence-corrected chi connectivity index (χ3v) is 17.2. The van der Waals surface area contributed by atoms with Crippen molar-refractivity contribution in [3.63, 3.8) is 0 Å². The van der Waals surface area contributed by atoms with Crippen LogP contribution in [0.4, 0.5) is 0 Å². The molecule has 2 heterocycles. The van der Waals surface area contributed by atoms with Gasteiger partial charge in [0.1, 0.15) is 48.1 Å². The van der Waals surface area contributed by atoms with Crippen LogP contribution in [0.15, 0.2) is 11.6 Å². The van der Waals surface area contributed by atoms with Crippen molar-refractivity contribution in [2.45, 2.75) is 179 Å². The largest absolute Gasteiger partial charge is 0.432 e. The maximum absolute atomic E-state index is 14.6. The Hall–Kier alpha value is -1.35. The van der Waals surface area contributed by atoms with E-state index in [1.807, 2.05) is 6.92 Å². The first-order valence-corrected chi connectivity index (χ1v) is 21.1. The van der Waals surface area contributed by atoms with Crippen molar-refractivity contribution in [2.24, 2.45) is 50.2 Å². The Bertz CT molecular complexity index is 1590. The monoisotopic (exact) mass is 828 g/mol. The number of carbonyl (C=O) groups is 1. The van der Waals surface area contributed by atoms with Crippen LogP contribution >= 0.6 is 0 Å². The second-order valence-corrected chi connectivity index (χ2v) is 20.9. The fourth-order valence-electron chi connectivity index (χ4n) is 13.9. The van der Waals surface area contributed by atoms with Crippen LogP contribution in [-0.2, 0) is 23.7 Å². The van der Waals surface area contributed by atoms with Gasteiger partial charge in [0.15, 0.2) is 6.29 Å². The van der Waals surface area contributed by atoms with Crippen LogP contribution in [-0.4, -0.2) is 161 Å². The third-order valence-electron chi connectivity index (χ3n) is 17.2. The minimum atomic E-state index is -1.74. The minimum Gasteiger partial charge on any atom is -0.432 e. The highest BCUT2D eigenvalue weighted by Crippen LogP contribution is 2.76. The van der Waals surface area contributed by atoms with Crippen LogP contribution in [0.5, 0.6) is 0 Å². The van der Waals surface area contributed by atoms with Crippen LogP contribution in [0.2, 0.25) is 0 Å². The standard InChI is InChI=1S/C42H68O16/c1-18-26(48)28(50)30(52)34(55-18)58-36(54)42-11-10-37(2,3)12-20(42)19-8-9-24-38(4)13-22(46)33(57-35-31(53)29(51)27(49)23(16-43)56-35)39(5,17-44)32(38)21(45)14-41(24,7)40(19,6)15-25(42)47/h8,18,20-35,43-53H,9-17H2,1-7H3. The molecular weight excluding hydrogens is 760 g/mol. The lowest BCUT2D eigenvalue weighted by molar-refractivity contribution is -0.351. The van der Waals surface area contributed by atoms with Crippen LogP contribution in [0.3, 0.4) is 0 Å². The normalized spacial score (nSPS) is 56.5. The number of aliphatic hydroxyl groups excluding tert-OH is 11. The first-order chi connectivity index (χ1) is 26.9. The molecule has 2 saturated heterocycles. The number of fused-ring (bicyclic) bond motifs is 7. The van der Waals surface area contributed by atoms with Crippen LogP contribution < -0.4 is 0 Å². The SMILES string of the molecule is CC1OC(OC(=O)C23CCC(C)(C)CC2C2=CCC4C5(C)CC(O)C(OC6OC(CO)C(O)C(O)C6O)C(C)(CO)C5C(O)CC4(C)C2(C)CC3O)C(O)C(O)C1O. The summed E-state index contributed by atoms with van der Waals surface area (Å²) in [4.78, 5) is 14.6. The van der Waals surface area contributed by atoms with E-state index in [9.17, 15) is 61.0 Å². The van der Waals surface area contributed by atoms with Gasteiger partial charge < -0.3 is 75.1 Å². The van der Waals surface area contributed by atoms with Crippen LogP contribution in [0.1, 0.15) is 93.4 Å². The molecule has 5 aliphatic carbocycles.